The third kappa shape index (κ3) is 3.07. The molecule has 0 radical (unpaired) electrons. The first-order chi connectivity index (χ1) is 5.88. The third-order valence-electron chi connectivity index (χ3n) is 1.88. The summed E-state index contributed by atoms with van der Waals surface area (Å²) in [4.78, 5) is 0. The summed E-state index contributed by atoms with van der Waals surface area (Å²) in [7, 11) is 6.34. The standard InChI is InChI=1S/C11H17NO/c1-9-5-6-11(13)10(7-9)8-12(2,3)4/h5-7H,8H2,1-4H3/p+1. The molecule has 1 rings (SSSR count). The van der Waals surface area contributed by atoms with E-state index in [0.717, 1.165) is 16.6 Å². The minimum absolute atomic E-state index is 0.402. The van der Waals surface area contributed by atoms with Gasteiger partial charge in [-0.1, -0.05) is 11.6 Å². The summed E-state index contributed by atoms with van der Waals surface area (Å²) in [6.45, 7) is 2.89. The highest BCUT2D eigenvalue weighted by Crippen LogP contribution is 2.20. The van der Waals surface area contributed by atoms with Gasteiger partial charge in [0.1, 0.15) is 12.3 Å². The minimum atomic E-state index is 0.402. The van der Waals surface area contributed by atoms with E-state index in [2.05, 4.69) is 21.1 Å². The lowest BCUT2D eigenvalue weighted by Gasteiger charge is -2.24. The summed E-state index contributed by atoms with van der Waals surface area (Å²) in [5.41, 5.74) is 2.22. The van der Waals surface area contributed by atoms with Crippen LogP contribution in [0.1, 0.15) is 11.1 Å². The fourth-order valence-corrected chi connectivity index (χ4v) is 1.35. The second-order valence-corrected chi connectivity index (χ2v) is 4.58. The first kappa shape index (κ1) is 10.1. The van der Waals surface area contributed by atoms with Crippen LogP contribution in [-0.4, -0.2) is 30.7 Å². The van der Waals surface area contributed by atoms with E-state index in [0.29, 0.717) is 5.75 Å². The van der Waals surface area contributed by atoms with Crippen LogP contribution in [0.15, 0.2) is 18.2 Å². The first-order valence-electron chi connectivity index (χ1n) is 4.47. The van der Waals surface area contributed by atoms with E-state index in [1.165, 1.54) is 5.56 Å². The van der Waals surface area contributed by atoms with Crippen molar-refractivity contribution >= 4 is 0 Å². The lowest BCUT2D eigenvalue weighted by atomic mass is 10.1. The molecule has 2 heteroatoms. The van der Waals surface area contributed by atoms with Crippen LogP contribution in [0.4, 0.5) is 0 Å². The van der Waals surface area contributed by atoms with E-state index in [4.69, 9.17) is 0 Å². The molecule has 0 aliphatic heterocycles. The Morgan fingerprint density at radius 2 is 1.85 bits per heavy atom. The van der Waals surface area contributed by atoms with Crippen LogP contribution in [-0.2, 0) is 6.54 Å². The largest absolute Gasteiger partial charge is 0.507 e. The van der Waals surface area contributed by atoms with Crippen LogP contribution < -0.4 is 0 Å². The van der Waals surface area contributed by atoms with Crippen LogP contribution in [0.25, 0.3) is 0 Å². The van der Waals surface area contributed by atoms with Crippen molar-refractivity contribution in [2.75, 3.05) is 21.1 Å². The van der Waals surface area contributed by atoms with Crippen LogP contribution >= 0.6 is 0 Å². The van der Waals surface area contributed by atoms with Crippen LogP contribution in [0.5, 0.6) is 5.75 Å². The maximum absolute atomic E-state index is 9.59. The molecule has 0 amide bonds. The summed E-state index contributed by atoms with van der Waals surface area (Å²) >= 11 is 0. The normalized spacial score (nSPS) is 11.7. The van der Waals surface area contributed by atoms with Gasteiger partial charge in [0.15, 0.2) is 0 Å². The average molecular weight is 180 g/mol. The van der Waals surface area contributed by atoms with Gasteiger partial charge in [0.25, 0.3) is 0 Å². The Labute approximate surface area is 80.0 Å². The summed E-state index contributed by atoms with van der Waals surface area (Å²) in [6.07, 6.45) is 0. The second kappa shape index (κ2) is 3.38. The van der Waals surface area contributed by atoms with E-state index >= 15 is 0 Å². The Balaban J connectivity index is 2.94. The molecule has 0 aromatic heterocycles. The van der Waals surface area contributed by atoms with E-state index in [1.807, 2.05) is 19.1 Å². The van der Waals surface area contributed by atoms with Crippen LogP contribution in [0.2, 0.25) is 0 Å². The molecule has 1 aromatic carbocycles. The zero-order chi connectivity index (χ0) is 10.1. The fourth-order valence-electron chi connectivity index (χ4n) is 1.35. The number of aryl methyl sites for hydroxylation is 1. The third-order valence-corrected chi connectivity index (χ3v) is 1.88. The van der Waals surface area contributed by atoms with Gasteiger partial charge in [0, 0.05) is 5.56 Å². The molecule has 72 valence electrons. The molecule has 0 aliphatic carbocycles. The van der Waals surface area contributed by atoms with Gasteiger partial charge in [-0.3, -0.25) is 0 Å². The molecule has 1 aromatic rings. The molecule has 0 atom stereocenters. The van der Waals surface area contributed by atoms with E-state index in [9.17, 15) is 5.11 Å². The number of quaternary nitrogens is 1. The molecule has 0 spiro atoms. The van der Waals surface area contributed by atoms with Gasteiger partial charge >= 0.3 is 0 Å². The van der Waals surface area contributed by atoms with Gasteiger partial charge in [-0.25, -0.2) is 0 Å². The molecule has 0 fully saturated rings. The lowest BCUT2D eigenvalue weighted by Crippen LogP contribution is -2.33. The smallest absolute Gasteiger partial charge is 0.124 e. The highest BCUT2D eigenvalue weighted by molar-refractivity contribution is 5.34. The molecule has 13 heavy (non-hydrogen) atoms. The van der Waals surface area contributed by atoms with E-state index in [1.54, 1.807) is 6.07 Å². The number of aromatic hydroxyl groups is 1. The van der Waals surface area contributed by atoms with Crippen molar-refractivity contribution in [1.29, 1.82) is 0 Å². The second-order valence-electron chi connectivity index (χ2n) is 4.58. The molecular weight excluding hydrogens is 162 g/mol. The van der Waals surface area contributed by atoms with Crippen molar-refractivity contribution in [2.24, 2.45) is 0 Å². The van der Waals surface area contributed by atoms with Crippen molar-refractivity contribution in [3.8, 4) is 5.75 Å². The summed E-state index contributed by atoms with van der Waals surface area (Å²) < 4.78 is 0.830. The van der Waals surface area contributed by atoms with Crippen LogP contribution in [0.3, 0.4) is 0 Å². The molecule has 0 bridgehead atoms. The Bertz CT molecular complexity index is 299. The van der Waals surface area contributed by atoms with Crippen molar-refractivity contribution < 1.29 is 9.59 Å². The van der Waals surface area contributed by atoms with Gasteiger partial charge in [0.2, 0.25) is 0 Å². The average Bonchev–Trinajstić information content (AvgIpc) is 1.94. The van der Waals surface area contributed by atoms with E-state index < -0.39 is 0 Å². The topological polar surface area (TPSA) is 20.2 Å². The number of nitrogens with zero attached hydrogens (tertiary/aromatic N) is 1. The highest BCUT2D eigenvalue weighted by Gasteiger charge is 2.11. The molecule has 0 saturated carbocycles. The Morgan fingerprint density at radius 3 is 2.38 bits per heavy atom. The van der Waals surface area contributed by atoms with Gasteiger partial charge in [-0.15, -0.1) is 0 Å². The lowest BCUT2D eigenvalue weighted by molar-refractivity contribution is -0.884. The minimum Gasteiger partial charge on any atom is -0.507 e. The predicted molar refractivity (Wildman–Crippen MR) is 54.6 cm³/mol. The molecule has 0 saturated heterocycles. The summed E-state index contributed by atoms with van der Waals surface area (Å²) in [6, 6.07) is 5.73. The molecule has 0 aliphatic rings. The highest BCUT2D eigenvalue weighted by atomic mass is 16.3. The number of hydrogen-bond donors (Lipinski definition) is 1. The van der Waals surface area contributed by atoms with Gasteiger partial charge < -0.3 is 9.59 Å². The summed E-state index contributed by atoms with van der Waals surface area (Å²) in [5, 5.41) is 9.59. The Morgan fingerprint density at radius 1 is 1.23 bits per heavy atom. The number of phenols is 1. The maximum atomic E-state index is 9.59. The Hall–Kier alpha value is -1.02. The van der Waals surface area contributed by atoms with Gasteiger partial charge in [-0.05, 0) is 19.1 Å². The van der Waals surface area contributed by atoms with Crippen LogP contribution in [0, 0.1) is 6.92 Å². The number of phenolic OH excluding ortho intramolecular Hbond substituents is 1. The summed E-state index contributed by atoms with van der Waals surface area (Å²) in [5.74, 6) is 0.402. The zero-order valence-corrected chi connectivity index (χ0v) is 8.83. The van der Waals surface area contributed by atoms with E-state index in [-0.39, 0.29) is 0 Å². The maximum Gasteiger partial charge on any atom is 0.124 e. The van der Waals surface area contributed by atoms with Crippen molar-refractivity contribution in [3.05, 3.63) is 29.3 Å². The fraction of sp³-hybridized carbons (Fsp3) is 0.455. The first-order valence-corrected chi connectivity index (χ1v) is 4.47. The van der Waals surface area contributed by atoms with Crippen molar-refractivity contribution in [2.45, 2.75) is 13.5 Å². The number of hydrogen-bond acceptors (Lipinski definition) is 1. The van der Waals surface area contributed by atoms with Crippen molar-refractivity contribution in [1.82, 2.24) is 0 Å². The molecular formula is C11H18NO+. The monoisotopic (exact) mass is 180 g/mol. The van der Waals surface area contributed by atoms with Gasteiger partial charge in [-0.2, -0.15) is 0 Å². The SMILES string of the molecule is Cc1ccc(O)c(C[N+](C)(C)C)c1. The molecule has 0 heterocycles. The van der Waals surface area contributed by atoms with Crippen molar-refractivity contribution in [3.63, 3.8) is 0 Å². The zero-order valence-electron chi connectivity index (χ0n) is 8.83. The predicted octanol–water partition coefficient (Wildman–Crippen LogP) is 1.91. The molecule has 0 unspecified atom stereocenters. The number of rotatable bonds is 2. The quantitative estimate of drug-likeness (QED) is 0.689. The Kier molecular flexibility index (Phi) is 2.62. The number of benzene rings is 1. The van der Waals surface area contributed by atoms with Gasteiger partial charge in [0.05, 0.1) is 21.1 Å². The molecule has 1 N–H and O–H groups in total. The molecule has 2 nitrogen and oxygen atoms in total.